The minimum atomic E-state index is 0.145. The molecular weight excluding hydrogens is 198 g/mol. The van der Waals surface area contributed by atoms with Gasteiger partial charge in [-0.2, -0.15) is 0 Å². The van der Waals surface area contributed by atoms with Crippen LogP contribution in [0.4, 0.5) is 0 Å². The molecule has 1 heterocycles. The van der Waals surface area contributed by atoms with E-state index in [2.05, 4.69) is 33.0 Å². The summed E-state index contributed by atoms with van der Waals surface area (Å²) in [7, 11) is 0. The molecule has 2 nitrogen and oxygen atoms in total. The Balaban J connectivity index is 2.10. The molecule has 1 N–H and O–H groups in total. The van der Waals surface area contributed by atoms with Crippen molar-refractivity contribution >= 4 is 0 Å². The average Bonchev–Trinajstić information content (AvgIpc) is 2.47. The number of hydrogen-bond donors (Lipinski definition) is 1. The fourth-order valence-electron chi connectivity index (χ4n) is 3.50. The van der Waals surface area contributed by atoms with Crippen molar-refractivity contribution in [2.75, 3.05) is 13.2 Å². The number of hydrogen-bond acceptors (Lipinski definition) is 2. The van der Waals surface area contributed by atoms with Crippen LogP contribution in [0.2, 0.25) is 0 Å². The first-order valence-electron chi connectivity index (χ1n) is 6.81. The summed E-state index contributed by atoms with van der Waals surface area (Å²) in [6, 6.07) is 0.572. The maximum Gasteiger partial charge on any atom is 0.0840 e. The third-order valence-electron chi connectivity index (χ3n) is 4.23. The maximum atomic E-state index is 6.21. The van der Waals surface area contributed by atoms with Gasteiger partial charge in [-0.05, 0) is 37.0 Å². The lowest BCUT2D eigenvalue weighted by Crippen LogP contribution is -2.57. The van der Waals surface area contributed by atoms with Crippen LogP contribution in [-0.4, -0.2) is 24.8 Å². The monoisotopic (exact) mass is 225 g/mol. The molecule has 2 fully saturated rings. The zero-order valence-corrected chi connectivity index (χ0v) is 11.3. The summed E-state index contributed by atoms with van der Waals surface area (Å²) in [5.41, 5.74) is 0.611. The second-order valence-electron chi connectivity index (χ2n) is 6.89. The van der Waals surface area contributed by atoms with Crippen LogP contribution in [0.1, 0.15) is 53.4 Å². The highest BCUT2D eigenvalue weighted by atomic mass is 16.5. The molecule has 0 aromatic carbocycles. The van der Waals surface area contributed by atoms with Gasteiger partial charge >= 0.3 is 0 Å². The molecule has 2 atom stereocenters. The Kier molecular flexibility index (Phi) is 3.33. The van der Waals surface area contributed by atoms with E-state index in [1.165, 1.54) is 25.7 Å². The van der Waals surface area contributed by atoms with Crippen molar-refractivity contribution in [2.45, 2.75) is 65.0 Å². The molecule has 1 saturated carbocycles. The molecule has 1 saturated heterocycles. The van der Waals surface area contributed by atoms with Gasteiger partial charge in [-0.25, -0.2) is 0 Å². The first-order chi connectivity index (χ1) is 7.44. The molecule has 1 aliphatic carbocycles. The Morgan fingerprint density at radius 3 is 2.62 bits per heavy atom. The first kappa shape index (κ1) is 12.4. The molecule has 2 aliphatic rings. The quantitative estimate of drug-likeness (QED) is 0.780. The van der Waals surface area contributed by atoms with Gasteiger partial charge in [-0.15, -0.1) is 0 Å². The second kappa shape index (κ2) is 4.30. The van der Waals surface area contributed by atoms with E-state index in [-0.39, 0.29) is 5.60 Å². The summed E-state index contributed by atoms with van der Waals surface area (Å²) >= 11 is 0. The number of nitrogens with one attached hydrogen (secondary N) is 1. The van der Waals surface area contributed by atoms with Crippen LogP contribution in [0.25, 0.3) is 0 Å². The van der Waals surface area contributed by atoms with E-state index >= 15 is 0 Å². The summed E-state index contributed by atoms with van der Waals surface area (Å²) in [6.45, 7) is 11.3. The highest BCUT2D eigenvalue weighted by Gasteiger charge is 2.50. The van der Waals surface area contributed by atoms with Crippen LogP contribution in [0.15, 0.2) is 0 Å². The highest BCUT2D eigenvalue weighted by molar-refractivity contribution is 5.04. The summed E-state index contributed by atoms with van der Waals surface area (Å²) < 4.78 is 6.21. The van der Waals surface area contributed by atoms with E-state index in [0.29, 0.717) is 11.5 Å². The van der Waals surface area contributed by atoms with Crippen LogP contribution >= 0.6 is 0 Å². The van der Waals surface area contributed by atoms with E-state index < -0.39 is 0 Å². The van der Waals surface area contributed by atoms with Crippen molar-refractivity contribution in [1.29, 1.82) is 0 Å². The van der Waals surface area contributed by atoms with E-state index in [1.54, 1.807) is 0 Å². The summed E-state index contributed by atoms with van der Waals surface area (Å²) in [5, 5.41) is 3.70. The van der Waals surface area contributed by atoms with Crippen molar-refractivity contribution in [2.24, 2.45) is 11.3 Å². The molecule has 2 rings (SSSR count). The number of ether oxygens (including phenoxy) is 1. The predicted octanol–water partition coefficient (Wildman–Crippen LogP) is 2.97. The molecule has 1 aliphatic heterocycles. The van der Waals surface area contributed by atoms with Crippen molar-refractivity contribution in [3.05, 3.63) is 0 Å². The van der Waals surface area contributed by atoms with Crippen LogP contribution in [0.5, 0.6) is 0 Å². The molecule has 2 heteroatoms. The lowest BCUT2D eigenvalue weighted by Gasteiger charge is -2.43. The zero-order chi connectivity index (χ0) is 11.8. The van der Waals surface area contributed by atoms with Crippen LogP contribution in [-0.2, 0) is 4.74 Å². The van der Waals surface area contributed by atoms with Crippen molar-refractivity contribution in [3.8, 4) is 0 Å². The SMILES string of the molecule is CC(C)CC1NCCOC12CCC(C)(C)C2. The molecule has 16 heavy (non-hydrogen) atoms. The molecule has 0 bridgehead atoms. The van der Waals surface area contributed by atoms with Gasteiger partial charge in [0.05, 0.1) is 12.2 Å². The van der Waals surface area contributed by atoms with Gasteiger partial charge in [0.15, 0.2) is 0 Å². The van der Waals surface area contributed by atoms with Crippen molar-refractivity contribution in [1.82, 2.24) is 5.32 Å². The Morgan fingerprint density at radius 1 is 1.31 bits per heavy atom. The average molecular weight is 225 g/mol. The topological polar surface area (TPSA) is 21.3 Å². The van der Waals surface area contributed by atoms with Gasteiger partial charge < -0.3 is 10.1 Å². The second-order valence-corrected chi connectivity index (χ2v) is 6.89. The molecule has 0 aromatic rings. The third kappa shape index (κ3) is 2.43. The van der Waals surface area contributed by atoms with Crippen LogP contribution in [0, 0.1) is 11.3 Å². The van der Waals surface area contributed by atoms with E-state index in [1.807, 2.05) is 0 Å². The minimum absolute atomic E-state index is 0.145. The number of morpholine rings is 1. The summed E-state index contributed by atoms with van der Waals surface area (Å²) in [5.74, 6) is 0.750. The lowest BCUT2D eigenvalue weighted by molar-refractivity contribution is -0.101. The Morgan fingerprint density at radius 2 is 2.06 bits per heavy atom. The molecule has 0 amide bonds. The predicted molar refractivity (Wildman–Crippen MR) is 67.6 cm³/mol. The minimum Gasteiger partial charge on any atom is -0.372 e. The van der Waals surface area contributed by atoms with Gasteiger partial charge in [0.1, 0.15) is 0 Å². The zero-order valence-electron chi connectivity index (χ0n) is 11.3. The Bertz CT molecular complexity index is 249. The first-order valence-corrected chi connectivity index (χ1v) is 6.81. The van der Waals surface area contributed by atoms with Crippen LogP contribution in [0.3, 0.4) is 0 Å². The molecule has 2 unspecified atom stereocenters. The van der Waals surface area contributed by atoms with E-state index in [0.717, 1.165) is 19.1 Å². The largest absolute Gasteiger partial charge is 0.372 e. The van der Waals surface area contributed by atoms with E-state index in [9.17, 15) is 0 Å². The summed E-state index contributed by atoms with van der Waals surface area (Å²) in [6.07, 6.45) is 5.02. The van der Waals surface area contributed by atoms with Crippen LogP contribution < -0.4 is 5.32 Å². The van der Waals surface area contributed by atoms with Gasteiger partial charge in [-0.3, -0.25) is 0 Å². The molecule has 0 radical (unpaired) electrons. The van der Waals surface area contributed by atoms with Gasteiger partial charge in [-0.1, -0.05) is 27.7 Å². The Hall–Kier alpha value is -0.0800. The van der Waals surface area contributed by atoms with Gasteiger partial charge in [0.2, 0.25) is 0 Å². The van der Waals surface area contributed by atoms with E-state index in [4.69, 9.17) is 4.74 Å². The maximum absolute atomic E-state index is 6.21. The standard InChI is InChI=1S/C14H27NO/c1-11(2)9-12-14(16-8-7-15-12)6-5-13(3,4)10-14/h11-12,15H,5-10H2,1-4H3. The fraction of sp³-hybridized carbons (Fsp3) is 1.00. The number of rotatable bonds is 2. The van der Waals surface area contributed by atoms with Crippen molar-refractivity contribution in [3.63, 3.8) is 0 Å². The summed E-state index contributed by atoms with van der Waals surface area (Å²) in [4.78, 5) is 0. The highest BCUT2D eigenvalue weighted by Crippen LogP contribution is 2.48. The lowest BCUT2D eigenvalue weighted by atomic mass is 9.82. The molecular formula is C14H27NO. The third-order valence-corrected chi connectivity index (χ3v) is 4.23. The normalized spacial score (nSPS) is 38.4. The van der Waals surface area contributed by atoms with Crippen molar-refractivity contribution < 1.29 is 4.74 Å². The molecule has 94 valence electrons. The van der Waals surface area contributed by atoms with Gasteiger partial charge in [0.25, 0.3) is 0 Å². The Labute approximate surface area is 100 Å². The smallest absolute Gasteiger partial charge is 0.0840 e. The fourth-order valence-corrected chi connectivity index (χ4v) is 3.50. The van der Waals surface area contributed by atoms with Gasteiger partial charge in [0, 0.05) is 12.6 Å². The molecule has 1 spiro atoms. The molecule has 0 aromatic heterocycles.